The van der Waals surface area contributed by atoms with E-state index in [1.807, 2.05) is 12.1 Å². The van der Waals surface area contributed by atoms with Crippen molar-refractivity contribution in [3.05, 3.63) is 66.4 Å². The van der Waals surface area contributed by atoms with Crippen LogP contribution in [0, 0.1) is 11.3 Å². The Morgan fingerprint density at radius 3 is 2.68 bits per heavy atom. The van der Waals surface area contributed by atoms with Crippen molar-refractivity contribution in [1.82, 2.24) is 4.57 Å². The monoisotopic (exact) mass is 547 g/mol. The highest BCUT2D eigenvalue weighted by atomic mass is 32.1. The quantitative estimate of drug-likeness (QED) is 0.329. The fourth-order valence-electron chi connectivity index (χ4n) is 5.92. The fraction of sp³-hybridized carbons (Fsp3) is 0.433. The maximum atomic E-state index is 13.4. The first-order chi connectivity index (χ1) is 18.5. The Labute approximate surface area is 230 Å². The third kappa shape index (κ3) is 5.10. The number of anilines is 2. The lowest BCUT2D eigenvalue weighted by molar-refractivity contribution is -0.130. The summed E-state index contributed by atoms with van der Waals surface area (Å²) in [6.07, 6.45) is 11.9. The van der Waals surface area contributed by atoms with E-state index in [1.54, 1.807) is 17.4 Å². The lowest BCUT2D eigenvalue weighted by atomic mass is 9.98. The van der Waals surface area contributed by atoms with Crippen LogP contribution in [0.15, 0.2) is 41.2 Å². The van der Waals surface area contributed by atoms with Crippen LogP contribution in [-0.2, 0) is 11.3 Å². The fourth-order valence-corrected chi connectivity index (χ4v) is 8.13. The van der Waals surface area contributed by atoms with Crippen molar-refractivity contribution in [2.24, 2.45) is 0 Å². The van der Waals surface area contributed by atoms with Crippen molar-refractivity contribution in [2.45, 2.75) is 83.2 Å². The SMILES string of the molecule is CCCCCCCCn1c(=O)/c(=C\c2ccc(N3c4ccccc4C4CCCC43)s2)s/c1=C(\C#N)C(=O)O. The van der Waals surface area contributed by atoms with Crippen LogP contribution < -0.4 is 19.7 Å². The van der Waals surface area contributed by atoms with Gasteiger partial charge in [0.1, 0.15) is 10.7 Å². The van der Waals surface area contributed by atoms with Crippen molar-refractivity contribution in [3.63, 3.8) is 0 Å². The second-order valence-corrected chi connectivity index (χ2v) is 12.3. The molecule has 1 fully saturated rings. The van der Waals surface area contributed by atoms with Gasteiger partial charge in [-0.1, -0.05) is 63.6 Å². The van der Waals surface area contributed by atoms with Gasteiger partial charge in [0.15, 0.2) is 5.57 Å². The summed E-state index contributed by atoms with van der Waals surface area (Å²) < 4.78 is 2.20. The molecule has 3 heterocycles. The van der Waals surface area contributed by atoms with E-state index >= 15 is 0 Å². The van der Waals surface area contributed by atoms with E-state index in [9.17, 15) is 20.0 Å². The Hall–Kier alpha value is -3.15. The molecule has 2 atom stereocenters. The number of hydrogen-bond donors (Lipinski definition) is 1. The smallest absolute Gasteiger partial charge is 0.349 e. The second kappa shape index (κ2) is 11.7. The summed E-state index contributed by atoms with van der Waals surface area (Å²) in [4.78, 5) is 28.6. The number of benzene rings is 1. The van der Waals surface area contributed by atoms with Gasteiger partial charge in [-0.15, -0.1) is 22.7 Å². The van der Waals surface area contributed by atoms with Crippen molar-refractivity contribution in [2.75, 3.05) is 4.90 Å². The number of aliphatic carboxylic acids is 1. The predicted octanol–water partition coefficient (Wildman–Crippen LogP) is 5.71. The number of aromatic nitrogens is 1. The van der Waals surface area contributed by atoms with Gasteiger partial charge in [0.05, 0.1) is 9.53 Å². The van der Waals surface area contributed by atoms with Crippen LogP contribution in [0.3, 0.4) is 0 Å². The molecular weight excluding hydrogens is 514 g/mol. The summed E-state index contributed by atoms with van der Waals surface area (Å²) in [6, 6.07) is 15.1. The first kappa shape index (κ1) is 26.5. The van der Waals surface area contributed by atoms with Gasteiger partial charge in [-0.25, -0.2) is 4.79 Å². The van der Waals surface area contributed by atoms with E-state index in [0.29, 0.717) is 23.0 Å². The highest BCUT2D eigenvalue weighted by Crippen LogP contribution is 2.53. The van der Waals surface area contributed by atoms with E-state index in [-0.39, 0.29) is 15.8 Å². The molecule has 2 aliphatic rings. The number of nitrogens with zero attached hydrogens (tertiary/aromatic N) is 3. The molecule has 0 spiro atoms. The number of fused-ring (bicyclic) bond motifs is 3. The second-order valence-electron chi connectivity index (χ2n) is 10.1. The largest absolute Gasteiger partial charge is 0.477 e. The van der Waals surface area contributed by atoms with Crippen LogP contribution in [0.2, 0.25) is 0 Å². The topological polar surface area (TPSA) is 86.3 Å². The van der Waals surface area contributed by atoms with Crippen LogP contribution in [0.5, 0.6) is 0 Å². The van der Waals surface area contributed by atoms with Crippen LogP contribution in [0.4, 0.5) is 10.7 Å². The number of thiazole rings is 1. The van der Waals surface area contributed by atoms with Crippen molar-refractivity contribution < 1.29 is 9.90 Å². The number of unbranched alkanes of at least 4 members (excludes halogenated alkanes) is 5. The van der Waals surface area contributed by atoms with Gasteiger partial charge in [0.2, 0.25) is 0 Å². The minimum Gasteiger partial charge on any atom is -0.477 e. The molecule has 1 aliphatic heterocycles. The first-order valence-electron chi connectivity index (χ1n) is 13.6. The molecule has 0 radical (unpaired) electrons. The molecule has 8 heteroatoms. The summed E-state index contributed by atoms with van der Waals surface area (Å²) in [7, 11) is 0. The van der Waals surface area contributed by atoms with E-state index < -0.39 is 5.97 Å². The number of hydrogen-bond acceptors (Lipinski definition) is 6. The predicted molar refractivity (Wildman–Crippen MR) is 155 cm³/mol. The van der Waals surface area contributed by atoms with Gasteiger partial charge in [-0.05, 0) is 49.1 Å². The van der Waals surface area contributed by atoms with Crippen molar-refractivity contribution in [1.29, 1.82) is 5.26 Å². The molecule has 0 bridgehead atoms. The molecule has 38 heavy (non-hydrogen) atoms. The number of para-hydroxylation sites is 1. The third-order valence-electron chi connectivity index (χ3n) is 7.71. The number of carbonyl (C=O) groups is 1. The van der Waals surface area contributed by atoms with Crippen molar-refractivity contribution >= 4 is 51.0 Å². The highest BCUT2D eigenvalue weighted by Gasteiger charge is 2.42. The number of carboxylic acid groups (broad SMARTS) is 1. The van der Waals surface area contributed by atoms with E-state index in [1.165, 1.54) is 47.9 Å². The summed E-state index contributed by atoms with van der Waals surface area (Å²) in [5.74, 6) is -0.722. The zero-order chi connectivity index (χ0) is 26.6. The zero-order valence-corrected chi connectivity index (χ0v) is 23.3. The number of nitriles is 1. The minimum absolute atomic E-state index is 0.218. The normalized spacial score (nSPS) is 19.4. The third-order valence-corrected chi connectivity index (χ3v) is 9.87. The molecule has 198 valence electrons. The number of thiophene rings is 1. The summed E-state index contributed by atoms with van der Waals surface area (Å²) in [5, 5.41) is 20.3. The summed E-state index contributed by atoms with van der Waals surface area (Å²) in [6.45, 7) is 2.60. The van der Waals surface area contributed by atoms with Crippen LogP contribution in [-0.4, -0.2) is 21.7 Å². The van der Waals surface area contributed by atoms with Crippen molar-refractivity contribution in [3.8, 4) is 6.07 Å². The molecule has 2 aromatic heterocycles. The minimum atomic E-state index is -1.30. The highest BCUT2D eigenvalue weighted by molar-refractivity contribution is 7.17. The van der Waals surface area contributed by atoms with Crippen LogP contribution >= 0.6 is 22.7 Å². The number of rotatable bonds is 10. The van der Waals surface area contributed by atoms with Gasteiger partial charge in [0, 0.05) is 29.1 Å². The van der Waals surface area contributed by atoms with Crippen LogP contribution in [0.25, 0.3) is 11.6 Å². The first-order valence-corrected chi connectivity index (χ1v) is 15.2. The van der Waals surface area contributed by atoms with Crippen LogP contribution in [0.1, 0.15) is 81.1 Å². The Bertz CT molecular complexity index is 1540. The molecule has 1 aliphatic carbocycles. The Balaban J connectivity index is 1.47. The van der Waals surface area contributed by atoms with Gasteiger partial charge >= 0.3 is 5.97 Å². The molecule has 5 rings (SSSR count). The molecule has 1 saturated carbocycles. The zero-order valence-electron chi connectivity index (χ0n) is 21.7. The Kier molecular flexibility index (Phi) is 8.15. The maximum Gasteiger partial charge on any atom is 0.349 e. The van der Waals surface area contributed by atoms with E-state index in [4.69, 9.17) is 0 Å². The molecule has 0 saturated heterocycles. The molecular formula is C30H33N3O3S2. The van der Waals surface area contributed by atoms with E-state index in [2.05, 4.69) is 42.2 Å². The van der Waals surface area contributed by atoms with Gasteiger partial charge in [0.25, 0.3) is 5.56 Å². The van der Waals surface area contributed by atoms with E-state index in [0.717, 1.165) is 46.9 Å². The molecule has 1 aromatic carbocycles. The molecule has 3 aromatic rings. The average Bonchev–Trinajstić information content (AvgIpc) is 3.68. The lowest BCUT2D eigenvalue weighted by Crippen LogP contribution is -2.33. The van der Waals surface area contributed by atoms with Gasteiger partial charge in [-0.2, -0.15) is 5.26 Å². The standard InChI is InChI=1S/C30H33N3O3S2/c1-2-3-4-5-6-9-17-32-28(34)26(38-29(32)23(19-31)30(35)36)18-20-15-16-27(37-20)33-24-13-8-7-11-21(24)22-12-10-14-25(22)33/h7-8,11,13,15-16,18,22,25H,2-6,9-10,12,14,17H2,1H3,(H,35,36)/b26-18+,29-23+. The summed E-state index contributed by atoms with van der Waals surface area (Å²) in [5.41, 5.74) is 2.13. The van der Waals surface area contributed by atoms with Gasteiger partial charge < -0.3 is 10.0 Å². The molecule has 2 unspecified atom stereocenters. The average molecular weight is 548 g/mol. The molecule has 0 amide bonds. The maximum absolute atomic E-state index is 13.4. The molecule has 6 nitrogen and oxygen atoms in total. The molecule has 1 N–H and O–H groups in total. The summed E-state index contributed by atoms with van der Waals surface area (Å²) >= 11 is 2.76. The Morgan fingerprint density at radius 1 is 1.11 bits per heavy atom. The lowest BCUT2D eigenvalue weighted by Gasteiger charge is -2.25. The Morgan fingerprint density at radius 2 is 1.89 bits per heavy atom. The van der Waals surface area contributed by atoms with Gasteiger partial charge in [-0.3, -0.25) is 9.36 Å². The number of carboxylic acids is 1.